The van der Waals surface area contributed by atoms with Crippen LogP contribution in [0.25, 0.3) is 0 Å². The Balaban J connectivity index is 2.14. The van der Waals surface area contributed by atoms with Gasteiger partial charge in [0.05, 0.1) is 12.7 Å². The molecule has 21 heavy (non-hydrogen) atoms. The molecule has 1 aromatic rings. The minimum Gasteiger partial charge on any atom is -0.493 e. The summed E-state index contributed by atoms with van der Waals surface area (Å²) in [5.74, 6) is 2.39. The summed E-state index contributed by atoms with van der Waals surface area (Å²) in [5, 5.41) is 10.5. The Hall–Kier alpha value is -1.22. The maximum atomic E-state index is 10.5. The van der Waals surface area contributed by atoms with Crippen LogP contribution in [-0.2, 0) is 6.42 Å². The Labute approximate surface area is 128 Å². The first-order valence-electron chi connectivity index (χ1n) is 8.15. The topological polar surface area (TPSA) is 38.7 Å². The van der Waals surface area contributed by atoms with E-state index in [9.17, 15) is 5.11 Å². The molecule has 2 rings (SSSR count). The van der Waals surface area contributed by atoms with Crippen LogP contribution in [0.1, 0.15) is 64.2 Å². The van der Waals surface area contributed by atoms with Crippen LogP contribution in [0.3, 0.4) is 0 Å². The van der Waals surface area contributed by atoms with Gasteiger partial charge in [-0.05, 0) is 38.3 Å². The molecule has 1 heterocycles. The van der Waals surface area contributed by atoms with Crippen LogP contribution < -0.4 is 9.47 Å². The first-order valence-corrected chi connectivity index (χ1v) is 8.15. The van der Waals surface area contributed by atoms with E-state index in [-0.39, 0.29) is 6.10 Å². The Morgan fingerprint density at radius 3 is 2.76 bits per heavy atom. The molecule has 2 atom stereocenters. The second-order valence-corrected chi connectivity index (χ2v) is 6.40. The van der Waals surface area contributed by atoms with Gasteiger partial charge in [-0.15, -0.1) is 0 Å². The van der Waals surface area contributed by atoms with Crippen molar-refractivity contribution >= 4 is 0 Å². The van der Waals surface area contributed by atoms with Crippen molar-refractivity contribution in [1.82, 2.24) is 0 Å². The van der Waals surface area contributed by atoms with Crippen LogP contribution in [0.5, 0.6) is 11.5 Å². The predicted molar refractivity (Wildman–Crippen MR) is 85.1 cm³/mol. The predicted octanol–water partition coefficient (Wildman–Crippen LogP) is 4.27. The van der Waals surface area contributed by atoms with Crippen molar-refractivity contribution in [2.24, 2.45) is 5.92 Å². The number of rotatable bonds is 7. The van der Waals surface area contributed by atoms with E-state index in [0.717, 1.165) is 42.7 Å². The number of aliphatic hydroxyl groups is 1. The molecular weight excluding hydrogens is 264 g/mol. The lowest BCUT2D eigenvalue weighted by molar-refractivity contribution is 0.156. The fourth-order valence-corrected chi connectivity index (χ4v) is 2.87. The molecule has 2 unspecified atom stereocenters. The van der Waals surface area contributed by atoms with Gasteiger partial charge in [0.25, 0.3) is 0 Å². The number of fused-ring (bicyclic) bond motifs is 1. The maximum absolute atomic E-state index is 10.5. The van der Waals surface area contributed by atoms with Gasteiger partial charge in [0.1, 0.15) is 17.6 Å². The summed E-state index contributed by atoms with van der Waals surface area (Å²) in [7, 11) is 0. The monoisotopic (exact) mass is 292 g/mol. The van der Waals surface area contributed by atoms with Crippen LogP contribution in [0.15, 0.2) is 12.1 Å². The zero-order valence-electron chi connectivity index (χ0n) is 13.7. The van der Waals surface area contributed by atoms with E-state index >= 15 is 0 Å². The molecule has 0 aromatic heterocycles. The van der Waals surface area contributed by atoms with E-state index in [4.69, 9.17) is 9.47 Å². The zero-order chi connectivity index (χ0) is 15.4. The molecule has 0 spiro atoms. The highest BCUT2D eigenvalue weighted by atomic mass is 16.5. The van der Waals surface area contributed by atoms with Crippen LogP contribution >= 0.6 is 0 Å². The molecule has 0 amide bonds. The SMILES string of the molecule is CCOc1cc2c(cc1C(O)CCCC(C)C)OC(C)C2. The van der Waals surface area contributed by atoms with Gasteiger partial charge in [0.15, 0.2) is 0 Å². The van der Waals surface area contributed by atoms with E-state index in [1.54, 1.807) is 0 Å². The lowest BCUT2D eigenvalue weighted by atomic mass is 9.97. The van der Waals surface area contributed by atoms with E-state index in [0.29, 0.717) is 12.5 Å². The van der Waals surface area contributed by atoms with Gasteiger partial charge in [-0.3, -0.25) is 0 Å². The van der Waals surface area contributed by atoms with Gasteiger partial charge in [0, 0.05) is 17.5 Å². The summed E-state index contributed by atoms with van der Waals surface area (Å²) in [5.41, 5.74) is 2.05. The highest BCUT2D eigenvalue weighted by Crippen LogP contribution is 2.38. The molecule has 1 aliphatic rings. The summed E-state index contributed by atoms with van der Waals surface area (Å²) in [6.07, 6.45) is 3.59. The molecular formula is C18H28O3. The Morgan fingerprint density at radius 2 is 2.10 bits per heavy atom. The Morgan fingerprint density at radius 1 is 1.33 bits per heavy atom. The second kappa shape index (κ2) is 7.17. The molecule has 1 aliphatic heterocycles. The molecule has 1 aromatic carbocycles. The third-order valence-electron chi connectivity index (χ3n) is 3.95. The van der Waals surface area contributed by atoms with Crippen molar-refractivity contribution < 1.29 is 14.6 Å². The second-order valence-electron chi connectivity index (χ2n) is 6.40. The normalized spacial score (nSPS) is 18.5. The van der Waals surface area contributed by atoms with Crippen molar-refractivity contribution in [3.8, 4) is 11.5 Å². The molecule has 0 saturated heterocycles. The number of ether oxygens (including phenoxy) is 2. The minimum absolute atomic E-state index is 0.211. The molecule has 0 radical (unpaired) electrons. The van der Waals surface area contributed by atoms with Crippen molar-refractivity contribution in [2.45, 2.75) is 65.6 Å². The summed E-state index contributed by atoms with van der Waals surface area (Å²) >= 11 is 0. The molecule has 3 nitrogen and oxygen atoms in total. The summed E-state index contributed by atoms with van der Waals surface area (Å²) in [6, 6.07) is 4.02. The van der Waals surface area contributed by atoms with E-state index in [1.165, 1.54) is 5.56 Å². The fraction of sp³-hybridized carbons (Fsp3) is 0.667. The number of hydrogen-bond donors (Lipinski definition) is 1. The van der Waals surface area contributed by atoms with Crippen LogP contribution in [0.2, 0.25) is 0 Å². The van der Waals surface area contributed by atoms with Crippen LogP contribution in [-0.4, -0.2) is 17.8 Å². The number of hydrogen-bond acceptors (Lipinski definition) is 3. The average Bonchev–Trinajstić information content (AvgIpc) is 2.76. The van der Waals surface area contributed by atoms with Crippen LogP contribution in [0, 0.1) is 5.92 Å². The smallest absolute Gasteiger partial charge is 0.125 e. The van der Waals surface area contributed by atoms with E-state index in [2.05, 4.69) is 20.8 Å². The minimum atomic E-state index is -0.477. The third-order valence-corrected chi connectivity index (χ3v) is 3.95. The first kappa shape index (κ1) is 16.2. The van der Waals surface area contributed by atoms with Gasteiger partial charge >= 0.3 is 0 Å². The summed E-state index contributed by atoms with van der Waals surface area (Å²) in [6.45, 7) is 9.08. The van der Waals surface area contributed by atoms with Gasteiger partial charge in [-0.25, -0.2) is 0 Å². The van der Waals surface area contributed by atoms with Gasteiger partial charge < -0.3 is 14.6 Å². The van der Waals surface area contributed by atoms with Crippen molar-refractivity contribution in [1.29, 1.82) is 0 Å². The van der Waals surface area contributed by atoms with Gasteiger partial charge in [-0.1, -0.05) is 26.7 Å². The maximum Gasteiger partial charge on any atom is 0.125 e. The Bertz CT molecular complexity index is 468. The fourth-order valence-electron chi connectivity index (χ4n) is 2.87. The van der Waals surface area contributed by atoms with Crippen molar-refractivity contribution in [2.75, 3.05) is 6.61 Å². The summed E-state index contributed by atoms with van der Waals surface area (Å²) in [4.78, 5) is 0. The largest absolute Gasteiger partial charge is 0.493 e. The van der Waals surface area contributed by atoms with Gasteiger partial charge in [0.2, 0.25) is 0 Å². The average molecular weight is 292 g/mol. The number of benzene rings is 1. The molecule has 0 fully saturated rings. The standard InChI is InChI=1S/C18H28O3/c1-5-20-18-10-14-9-13(4)21-17(14)11-15(18)16(19)8-6-7-12(2)3/h10-13,16,19H,5-9H2,1-4H3. The van der Waals surface area contributed by atoms with Crippen molar-refractivity contribution in [3.05, 3.63) is 23.3 Å². The van der Waals surface area contributed by atoms with Crippen molar-refractivity contribution in [3.63, 3.8) is 0 Å². The first-order chi connectivity index (χ1) is 10.0. The Kier molecular flexibility index (Phi) is 5.51. The molecule has 0 aliphatic carbocycles. The molecule has 3 heteroatoms. The molecule has 0 bridgehead atoms. The molecule has 1 N–H and O–H groups in total. The highest BCUT2D eigenvalue weighted by Gasteiger charge is 2.24. The third kappa shape index (κ3) is 4.13. The molecule has 118 valence electrons. The lowest BCUT2D eigenvalue weighted by Crippen LogP contribution is -2.05. The van der Waals surface area contributed by atoms with E-state index in [1.807, 2.05) is 19.1 Å². The zero-order valence-corrected chi connectivity index (χ0v) is 13.7. The number of aliphatic hydroxyl groups excluding tert-OH is 1. The van der Waals surface area contributed by atoms with E-state index < -0.39 is 6.10 Å². The lowest BCUT2D eigenvalue weighted by Gasteiger charge is -2.17. The highest BCUT2D eigenvalue weighted by molar-refractivity contribution is 5.49. The molecule has 0 saturated carbocycles. The summed E-state index contributed by atoms with van der Waals surface area (Å²) < 4.78 is 11.5. The quantitative estimate of drug-likeness (QED) is 0.815. The van der Waals surface area contributed by atoms with Gasteiger partial charge in [-0.2, -0.15) is 0 Å². The van der Waals surface area contributed by atoms with Crippen LogP contribution in [0.4, 0.5) is 0 Å².